The highest BCUT2D eigenvalue weighted by atomic mass is 19.1. The summed E-state index contributed by atoms with van der Waals surface area (Å²) in [5.41, 5.74) is 2.04. The van der Waals surface area contributed by atoms with Gasteiger partial charge in [-0.05, 0) is 29.8 Å². The van der Waals surface area contributed by atoms with Gasteiger partial charge in [-0.2, -0.15) is 5.26 Å². The van der Waals surface area contributed by atoms with Crippen LogP contribution in [0, 0.1) is 17.1 Å². The molecule has 0 fully saturated rings. The molecule has 1 aromatic heterocycles. The number of halogens is 1. The largest absolute Gasteiger partial charge is 0.465 e. The van der Waals surface area contributed by atoms with Crippen LogP contribution < -0.4 is 5.32 Å². The van der Waals surface area contributed by atoms with E-state index < -0.39 is 11.8 Å². The average molecular weight is 287 g/mol. The van der Waals surface area contributed by atoms with E-state index in [0.29, 0.717) is 17.9 Å². The first-order valence-corrected chi connectivity index (χ1v) is 6.22. The number of aromatic nitrogens is 1. The molecule has 2 rings (SSSR count). The zero-order valence-electron chi connectivity index (χ0n) is 11.7. The van der Waals surface area contributed by atoms with Gasteiger partial charge >= 0.3 is 5.97 Å². The van der Waals surface area contributed by atoms with Gasteiger partial charge in [0.05, 0.1) is 12.7 Å². The predicted molar refractivity (Wildman–Crippen MR) is 75.2 cm³/mol. The van der Waals surface area contributed by atoms with Crippen LogP contribution >= 0.6 is 0 Å². The molecule has 0 amide bonds. The fourth-order valence-corrected chi connectivity index (χ4v) is 1.99. The minimum atomic E-state index is -0.609. The Kier molecular flexibility index (Phi) is 4.24. The van der Waals surface area contributed by atoms with Crippen LogP contribution in [0.5, 0.6) is 0 Å². The first-order chi connectivity index (χ1) is 10.0. The van der Waals surface area contributed by atoms with Gasteiger partial charge in [0.25, 0.3) is 0 Å². The van der Waals surface area contributed by atoms with Crippen LogP contribution in [-0.4, -0.2) is 17.6 Å². The van der Waals surface area contributed by atoms with Crippen molar-refractivity contribution in [2.75, 3.05) is 12.4 Å². The summed E-state index contributed by atoms with van der Waals surface area (Å²) in [5, 5.41) is 11.9. The molecule has 0 radical (unpaired) electrons. The standard InChI is InChI=1S/C15H14FN3O2/c1-19-9-10(5-12(19)7-17)8-18-14-4-3-11(16)6-13(14)15(20)21-2/h3-6,9,18H,8H2,1-2H3. The highest BCUT2D eigenvalue weighted by Gasteiger charge is 2.13. The number of benzene rings is 1. The van der Waals surface area contributed by atoms with E-state index in [-0.39, 0.29) is 5.56 Å². The number of methoxy groups -OCH3 is 1. The van der Waals surface area contributed by atoms with E-state index in [2.05, 4.69) is 16.1 Å². The summed E-state index contributed by atoms with van der Waals surface area (Å²) in [6.45, 7) is 0.408. The van der Waals surface area contributed by atoms with Crippen molar-refractivity contribution in [3.8, 4) is 6.07 Å². The Morgan fingerprint density at radius 2 is 2.24 bits per heavy atom. The number of nitrogens with one attached hydrogen (secondary N) is 1. The topological polar surface area (TPSA) is 67.0 Å². The van der Waals surface area contributed by atoms with E-state index in [4.69, 9.17) is 5.26 Å². The number of carbonyl (C=O) groups is 1. The van der Waals surface area contributed by atoms with Gasteiger partial charge in [-0.1, -0.05) is 0 Å². The van der Waals surface area contributed by atoms with Crippen LogP contribution in [0.4, 0.5) is 10.1 Å². The summed E-state index contributed by atoms with van der Waals surface area (Å²) in [5.74, 6) is -1.12. The minimum absolute atomic E-state index is 0.133. The summed E-state index contributed by atoms with van der Waals surface area (Å²) < 4.78 is 19.6. The van der Waals surface area contributed by atoms with Crippen molar-refractivity contribution in [1.29, 1.82) is 5.26 Å². The fraction of sp³-hybridized carbons (Fsp3) is 0.200. The van der Waals surface area contributed by atoms with Crippen molar-refractivity contribution in [1.82, 2.24) is 4.57 Å². The van der Waals surface area contributed by atoms with Crippen molar-refractivity contribution in [3.05, 3.63) is 53.1 Å². The minimum Gasteiger partial charge on any atom is -0.465 e. The summed E-state index contributed by atoms with van der Waals surface area (Å²) in [6.07, 6.45) is 1.81. The van der Waals surface area contributed by atoms with E-state index in [1.165, 1.54) is 19.2 Å². The highest BCUT2D eigenvalue weighted by molar-refractivity contribution is 5.95. The Morgan fingerprint density at radius 1 is 1.48 bits per heavy atom. The first kappa shape index (κ1) is 14.6. The zero-order chi connectivity index (χ0) is 15.4. The lowest BCUT2D eigenvalue weighted by Crippen LogP contribution is -2.08. The van der Waals surface area contributed by atoms with Crippen LogP contribution in [-0.2, 0) is 18.3 Å². The number of nitrogens with zero attached hydrogens (tertiary/aromatic N) is 2. The Bertz CT molecular complexity index is 716. The normalized spacial score (nSPS) is 10.0. The molecule has 6 heteroatoms. The molecule has 0 aliphatic heterocycles. The lowest BCUT2D eigenvalue weighted by Gasteiger charge is -2.10. The molecule has 0 saturated heterocycles. The SMILES string of the molecule is COC(=O)c1cc(F)ccc1NCc1cc(C#N)n(C)c1. The Hall–Kier alpha value is -2.81. The fourth-order valence-electron chi connectivity index (χ4n) is 1.99. The molecule has 0 spiro atoms. The smallest absolute Gasteiger partial charge is 0.340 e. The Morgan fingerprint density at radius 3 is 2.86 bits per heavy atom. The maximum Gasteiger partial charge on any atom is 0.340 e. The van der Waals surface area contributed by atoms with Crippen molar-refractivity contribution in [3.63, 3.8) is 0 Å². The number of carbonyl (C=O) groups excluding carboxylic acids is 1. The van der Waals surface area contributed by atoms with E-state index in [1.54, 1.807) is 17.7 Å². The van der Waals surface area contributed by atoms with Crippen LogP contribution in [0.1, 0.15) is 21.6 Å². The van der Waals surface area contributed by atoms with Crippen LogP contribution in [0.25, 0.3) is 0 Å². The molecular formula is C15H14FN3O2. The van der Waals surface area contributed by atoms with Gasteiger partial charge in [0.2, 0.25) is 0 Å². The quantitative estimate of drug-likeness (QED) is 0.877. The molecule has 1 heterocycles. The molecule has 0 aliphatic rings. The maximum atomic E-state index is 13.2. The number of hydrogen-bond donors (Lipinski definition) is 1. The number of ether oxygens (including phenoxy) is 1. The summed E-state index contributed by atoms with van der Waals surface area (Å²) in [4.78, 5) is 11.6. The van der Waals surface area contributed by atoms with E-state index in [9.17, 15) is 9.18 Å². The Balaban J connectivity index is 2.19. The van der Waals surface area contributed by atoms with E-state index >= 15 is 0 Å². The van der Waals surface area contributed by atoms with Gasteiger partial charge in [0.1, 0.15) is 17.6 Å². The van der Waals surface area contributed by atoms with Crippen LogP contribution in [0.3, 0.4) is 0 Å². The molecule has 0 aliphatic carbocycles. The molecule has 108 valence electrons. The molecule has 0 saturated carbocycles. The molecule has 0 bridgehead atoms. The Labute approximate surface area is 121 Å². The number of hydrogen-bond acceptors (Lipinski definition) is 4. The third-order valence-electron chi connectivity index (χ3n) is 3.05. The summed E-state index contributed by atoms with van der Waals surface area (Å²) in [7, 11) is 3.02. The first-order valence-electron chi connectivity index (χ1n) is 6.22. The van der Waals surface area contributed by atoms with Gasteiger partial charge in [0, 0.05) is 25.5 Å². The average Bonchev–Trinajstić information content (AvgIpc) is 2.85. The summed E-state index contributed by atoms with van der Waals surface area (Å²) in [6, 6.07) is 7.69. The van der Waals surface area contributed by atoms with Crippen molar-refractivity contribution >= 4 is 11.7 Å². The number of anilines is 1. The van der Waals surface area contributed by atoms with E-state index in [0.717, 1.165) is 11.6 Å². The molecular weight excluding hydrogens is 273 g/mol. The van der Waals surface area contributed by atoms with Gasteiger partial charge < -0.3 is 14.6 Å². The number of rotatable bonds is 4. The highest BCUT2D eigenvalue weighted by Crippen LogP contribution is 2.19. The van der Waals surface area contributed by atoms with Gasteiger partial charge in [-0.15, -0.1) is 0 Å². The molecule has 21 heavy (non-hydrogen) atoms. The molecule has 0 unspecified atom stereocenters. The lowest BCUT2D eigenvalue weighted by atomic mass is 10.1. The number of esters is 1. The lowest BCUT2D eigenvalue weighted by molar-refractivity contribution is 0.0601. The molecule has 1 N–H and O–H groups in total. The van der Waals surface area contributed by atoms with Crippen molar-refractivity contribution in [2.24, 2.45) is 7.05 Å². The summed E-state index contributed by atoms with van der Waals surface area (Å²) >= 11 is 0. The van der Waals surface area contributed by atoms with Crippen molar-refractivity contribution < 1.29 is 13.9 Å². The van der Waals surface area contributed by atoms with Gasteiger partial charge in [-0.3, -0.25) is 0 Å². The second kappa shape index (κ2) is 6.09. The van der Waals surface area contributed by atoms with E-state index in [1.807, 2.05) is 6.20 Å². The van der Waals surface area contributed by atoms with Gasteiger partial charge in [-0.25, -0.2) is 9.18 Å². The third-order valence-corrected chi connectivity index (χ3v) is 3.05. The monoisotopic (exact) mass is 287 g/mol. The maximum absolute atomic E-state index is 13.2. The number of nitriles is 1. The zero-order valence-corrected chi connectivity index (χ0v) is 11.7. The molecule has 1 aromatic carbocycles. The second-order valence-corrected chi connectivity index (χ2v) is 4.49. The van der Waals surface area contributed by atoms with Gasteiger partial charge in [0.15, 0.2) is 0 Å². The van der Waals surface area contributed by atoms with Crippen LogP contribution in [0.15, 0.2) is 30.5 Å². The van der Waals surface area contributed by atoms with Crippen LogP contribution in [0.2, 0.25) is 0 Å². The molecule has 5 nitrogen and oxygen atoms in total. The predicted octanol–water partition coefficient (Wildman–Crippen LogP) is 2.43. The molecule has 2 aromatic rings. The van der Waals surface area contributed by atoms with Crippen molar-refractivity contribution in [2.45, 2.75) is 6.54 Å². The molecule has 0 atom stereocenters. The third kappa shape index (κ3) is 3.20. The second-order valence-electron chi connectivity index (χ2n) is 4.49. The number of aryl methyl sites for hydroxylation is 1.